The number of thiocarbonyl (C=S) groups is 1. The predicted molar refractivity (Wildman–Crippen MR) is 93.9 cm³/mol. The van der Waals surface area contributed by atoms with Crippen LogP contribution in [0, 0.1) is 0 Å². The van der Waals surface area contributed by atoms with Gasteiger partial charge in [-0.05, 0) is 55.2 Å². The van der Waals surface area contributed by atoms with Crippen molar-refractivity contribution in [3.05, 3.63) is 23.3 Å². The summed E-state index contributed by atoms with van der Waals surface area (Å²) in [6.45, 7) is 6.25. The van der Waals surface area contributed by atoms with Crippen LogP contribution in [0.5, 0.6) is 11.5 Å². The fourth-order valence-electron chi connectivity index (χ4n) is 2.90. The van der Waals surface area contributed by atoms with Gasteiger partial charge in [-0.1, -0.05) is 13.3 Å². The van der Waals surface area contributed by atoms with Crippen molar-refractivity contribution < 1.29 is 9.47 Å². The predicted octanol–water partition coefficient (Wildman–Crippen LogP) is 3.30. The molecule has 0 bridgehead atoms. The lowest BCUT2D eigenvalue weighted by atomic mass is 9.93. The second kappa shape index (κ2) is 7.68. The van der Waals surface area contributed by atoms with Gasteiger partial charge in [0.05, 0.1) is 20.3 Å². The number of ether oxygens (including phenoxy) is 2. The van der Waals surface area contributed by atoms with E-state index in [2.05, 4.69) is 36.2 Å². The second-order valence-corrected chi connectivity index (χ2v) is 6.00. The Bertz CT molecular complexity index is 534. The molecule has 22 heavy (non-hydrogen) atoms. The van der Waals surface area contributed by atoms with Crippen molar-refractivity contribution >= 4 is 17.3 Å². The summed E-state index contributed by atoms with van der Waals surface area (Å²) in [6, 6.07) is 4.42. The smallest absolute Gasteiger partial charge is 0.169 e. The van der Waals surface area contributed by atoms with E-state index in [1.807, 2.05) is 0 Å². The zero-order valence-corrected chi connectivity index (χ0v) is 14.8. The number of benzene rings is 1. The lowest BCUT2D eigenvalue weighted by molar-refractivity contribution is 0.308. The molecule has 1 aromatic rings. The van der Waals surface area contributed by atoms with Crippen molar-refractivity contribution in [2.75, 3.05) is 27.3 Å². The maximum atomic E-state index is 5.56. The molecule has 0 saturated carbocycles. The topological polar surface area (TPSA) is 33.7 Å². The Morgan fingerprint density at radius 1 is 1.32 bits per heavy atom. The Balaban J connectivity index is 2.18. The summed E-state index contributed by atoms with van der Waals surface area (Å²) in [5.41, 5.74) is 2.58. The Morgan fingerprint density at radius 2 is 2.00 bits per heavy atom. The van der Waals surface area contributed by atoms with Gasteiger partial charge in [0.1, 0.15) is 0 Å². The monoisotopic (exact) mass is 322 g/mol. The number of hydrogen-bond donors (Lipinski definition) is 1. The lowest BCUT2D eigenvalue weighted by Crippen LogP contribution is -2.44. The number of rotatable bonds is 5. The maximum absolute atomic E-state index is 5.56. The number of nitrogens with one attached hydrogen (secondary N) is 1. The molecule has 1 aliphatic heterocycles. The molecule has 0 radical (unpaired) electrons. The summed E-state index contributed by atoms with van der Waals surface area (Å²) in [7, 11) is 3.35. The van der Waals surface area contributed by atoms with Gasteiger partial charge in [0, 0.05) is 13.1 Å². The number of unbranched alkanes of at least 4 members (excludes halogenated alkanes) is 1. The first-order valence-electron chi connectivity index (χ1n) is 7.91. The third-order valence-corrected chi connectivity index (χ3v) is 4.63. The standard InChI is InChI=1S/C17H26N2O2S/c1-5-6-8-18-17(22)19-9-7-13-10-15(20-3)16(21-4)11-14(13)12(19)2/h10-12H,5-9H2,1-4H3,(H,18,22)/t12-/m0/s1. The van der Waals surface area contributed by atoms with E-state index in [0.29, 0.717) is 0 Å². The normalized spacial score (nSPS) is 16.9. The van der Waals surface area contributed by atoms with Gasteiger partial charge in [0.2, 0.25) is 0 Å². The first-order valence-corrected chi connectivity index (χ1v) is 8.32. The Kier molecular flexibility index (Phi) is 5.89. The number of methoxy groups -OCH3 is 2. The minimum Gasteiger partial charge on any atom is -0.493 e. The van der Waals surface area contributed by atoms with Crippen LogP contribution in [0.4, 0.5) is 0 Å². The van der Waals surface area contributed by atoms with Crippen LogP contribution in [0.15, 0.2) is 12.1 Å². The molecule has 122 valence electrons. The zero-order valence-electron chi connectivity index (χ0n) is 13.9. The van der Waals surface area contributed by atoms with Crippen LogP contribution in [0.3, 0.4) is 0 Å². The number of fused-ring (bicyclic) bond motifs is 1. The van der Waals surface area contributed by atoms with Crippen molar-refractivity contribution in [1.82, 2.24) is 10.2 Å². The van der Waals surface area contributed by atoms with Crippen LogP contribution >= 0.6 is 12.2 Å². The molecule has 0 spiro atoms. The molecule has 0 aliphatic carbocycles. The average molecular weight is 322 g/mol. The summed E-state index contributed by atoms with van der Waals surface area (Å²) in [5, 5.41) is 4.22. The largest absolute Gasteiger partial charge is 0.493 e. The zero-order chi connectivity index (χ0) is 16.1. The van der Waals surface area contributed by atoms with E-state index in [1.54, 1.807) is 14.2 Å². The SMILES string of the molecule is CCCCNC(=S)N1CCc2cc(OC)c(OC)cc2[C@@H]1C. The van der Waals surface area contributed by atoms with E-state index in [1.165, 1.54) is 17.5 Å². The highest BCUT2D eigenvalue weighted by molar-refractivity contribution is 7.80. The molecule has 0 fully saturated rings. The molecule has 0 unspecified atom stereocenters. The first-order chi connectivity index (χ1) is 10.6. The van der Waals surface area contributed by atoms with Crippen LogP contribution < -0.4 is 14.8 Å². The molecule has 0 aromatic heterocycles. The van der Waals surface area contributed by atoms with Gasteiger partial charge in [-0.15, -0.1) is 0 Å². The molecule has 4 nitrogen and oxygen atoms in total. The van der Waals surface area contributed by atoms with Gasteiger partial charge < -0.3 is 19.7 Å². The summed E-state index contributed by atoms with van der Waals surface area (Å²) in [4.78, 5) is 2.26. The van der Waals surface area contributed by atoms with Gasteiger partial charge in [0.25, 0.3) is 0 Å². The maximum Gasteiger partial charge on any atom is 0.169 e. The van der Waals surface area contributed by atoms with Crippen LogP contribution in [0.1, 0.15) is 43.9 Å². The fourth-order valence-corrected chi connectivity index (χ4v) is 3.25. The Labute approximate surface area is 138 Å². The number of hydrogen-bond acceptors (Lipinski definition) is 3. The van der Waals surface area contributed by atoms with Crippen molar-refractivity contribution in [1.29, 1.82) is 0 Å². The summed E-state index contributed by atoms with van der Waals surface area (Å²) < 4.78 is 10.8. The highest BCUT2D eigenvalue weighted by atomic mass is 32.1. The second-order valence-electron chi connectivity index (χ2n) is 5.61. The third kappa shape index (κ3) is 3.46. The lowest BCUT2D eigenvalue weighted by Gasteiger charge is -2.37. The number of nitrogens with zero attached hydrogens (tertiary/aromatic N) is 1. The van der Waals surface area contributed by atoms with Crippen molar-refractivity contribution in [2.24, 2.45) is 0 Å². The fraction of sp³-hybridized carbons (Fsp3) is 0.588. The molecule has 0 amide bonds. The van der Waals surface area contributed by atoms with Crippen LogP contribution in [0.2, 0.25) is 0 Å². The van der Waals surface area contributed by atoms with Gasteiger partial charge in [-0.2, -0.15) is 0 Å². The Morgan fingerprint density at radius 3 is 2.64 bits per heavy atom. The minimum atomic E-state index is 0.241. The van der Waals surface area contributed by atoms with Crippen LogP contribution in [0.25, 0.3) is 0 Å². The molecule has 1 atom stereocenters. The van der Waals surface area contributed by atoms with E-state index in [9.17, 15) is 0 Å². The highest BCUT2D eigenvalue weighted by Crippen LogP contribution is 2.37. The quantitative estimate of drug-likeness (QED) is 0.664. The van der Waals surface area contributed by atoms with Gasteiger partial charge >= 0.3 is 0 Å². The minimum absolute atomic E-state index is 0.241. The van der Waals surface area contributed by atoms with Gasteiger partial charge in [0.15, 0.2) is 16.6 Å². The van der Waals surface area contributed by atoms with Gasteiger partial charge in [-0.3, -0.25) is 0 Å². The molecule has 2 rings (SSSR count). The molecule has 0 saturated heterocycles. The first kappa shape index (κ1) is 16.9. The van der Waals surface area contributed by atoms with Gasteiger partial charge in [-0.25, -0.2) is 0 Å². The molecular weight excluding hydrogens is 296 g/mol. The van der Waals surface area contributed by atoms with E-state index < -0.39 is 0 Å². The van der Waals surface area contributed by atoms with Crippen molar-refractivity contribution in [2.45, 2.75) is 39.2 Å². The highest BCUT2D eigenvalue weighted by Gasteiger charge is 2.27. The summed E-state index contributed by atoms with van der Waals surface area (Å²) >= 11 is 5.56. The molecule has 1 aromatic carbocycles. The molecular formula is C17H26N2O2S. The van der Waals surface area contributed by atoms with E-state index >= 15 is 0 Å². The van der Waals surface area contributed by atoms with Crippen molar-refractivity contribution in [3.63, 3.8) is 0 Å². The molecule has 1 N–H and O–H groups in total. The molecule has 5 heteroatoms. The third-order valence-electron chi connectivity index (χ3n) is 4.25. The summed E-state index contributed by atoms with van der Waals surface area (Å²) in [5.74, 6) is 1.57. The van der Waals surface area contributed by atoms with Crippen LogP contribution in [-0.4, -0.2) is 37.3 Å². The summed E-state index contributed by atoms with van der Waals surface area (Å²) in [6.07, 6.45) is 3.28. The van der Waals surface area contributed by atoms with Crippen LogP contribution in [-0.2, 0) is 6.42 Å². The van der Waals surface area contributed by atoms with E-state index in [-0.39, 0.29) is 6.04 Å². The van der Waals surface area contributed by atoms with E-state index in [4.69, 9.17) is 21.7 Å². The average Bonchev–Trinajstić information content (AvgIpc) is 2.54. The van der Waals surface area contributed by atoms with E-state index in [0.717, 1.165) is 42.5 Å². The molecule has 1 heterocycles. The molecule has 1 aliphatic rings. The Hall–Kier alpha value is -1.49. The van der Waals surface area contributed by atoms with Crippen molar-refractivity contribution in [3.8, 4) is 11.5 Å².